The van der Waals surface area contributed by atoms with Gasteiger partial charge in [0.1, 0.15) is 6.61 Å². The average Bonchev–Trinajstić information content (AvgIpc) is 2.43. The number of rotatable bonds is 7. The molecule has 18 heavy (non-hydrogen) atoms. The number of hydrogen-bond acceptors (Lipinski definition) is 5. The summed E-state index contributed by atoms with van der Waals surface area (Å²) in [7, 11) is 0. The highest BCUT2D eigenvalue weighted by molar-refractivity contribution is 5.96. The molecule has 0 unspecified atom stereocenters. The largest absolute Gasteiger partial charge is 0.476 e. The van der Waals surface area contributed by atoms with E-state index in [-0.39, 0.29) is 5.84 Å². The lowest BCUT2D eigenvalue weighted by molar-refractivity contribution is 0.218. The number of oxime groups is 1. The summed E-state index contributed by atoms with van der Waals surface area (Å²) in [6.07, 6.45) is 1.52. The number of nitrogens with zero attached hydrogens (tertiary/aromatic N) is 3. The van der Waals surface area contributed by atoms with Crippen LogP contribution >= 0.6 is 0 Å². The second-order valence-electron chi connectivity index (χ2n) is 3.75. The van der Waals surface area contributed by atoms with Crippen LogP contribution in [-0.4, -0.2) is 47.2 Å². The summed E-state index contributed by atoms with van der Waals surface area (Å²) in [4.78, 5) is 6.35. The molecule has 0 atom stereocenters. The Morgan fingerprint density at radius 3 is 2.67 bits per heavy atom. The minimum absolute atomic E-state index is 0.0391. The summed E-state index contributed by atoms with van der Waals surface area (Å²) in [5, 5.41) is 11.4. The molecular weight excluding hydrogens is 232 g/mol. The number of pyridine rings is 1. The van der Waals surface area contributed by atoms with Gasteiger partial charge in [-0.2, -0.15) is 0 Å². The smallest absolute Gasteiger partial charge is 0.213 e. The first-order valence-electron chi connectivity index (χ1n) is 6.00. The van der Waals surface area contributed by atoms with Gasteiger partial charge < -0.3 is 20.6 Å². The number of aromatic nitrogens is 1. The van der Waals surface area contributed by atoms with Gasteiger partial charge in [0, 0.05) is 24.4 Å². The SMILES string of the molecule is CCN(CC)CCOc1ccc(/C(N)=N/O)cn1. The molecule has 0 aromatic carbocycles. The van der Waals surface area contributed by atoms with E-state index in [1.807, 2.05) is 0 Å². The standard InChI is InChI=1S/C12H20N4O2/c1-3-16(4-2)7-8-18-11-6-5-10(9-14-11)12(13)15-17/h5-6,9,17H,3-4,7-8H2,1-2H3,(H2,13,15). The van der Waals surface area contributed by atoms with E-state index in [1.165, 1.54) is 6.20 Å². The van der Waals surface area contributed by atoms with Crippen LogP contribution in [0, 0.1) is 0 Å². The third-order valence-electron chi connectivity index (χ3n) is 2.69. The first kappa shape index (κ1) is 14.2. The van der Waals surface area contributed by atoms with Crippen molar-refractivity contribution in [1.82, 2.24) is 9.88 Å². The Bertz CT molecular complexity index is 374. The summed E-state index contributed by atoms with van der Waals surface area (Å²) in [6, 6.07) is 3.41. The van der Waals surface area contributed by atoms with E-state index >= 15 is 0 Å². The quantitative estimate of drug-likeness (QED) is 0.326. The summed E-state index contributed by atoms with van der Waals surface area (Å²) in [6.45, 7) is 7.72. The monoisotopic (exact) mass is 252 g/mol. The second kappa shape index (κ2) is 7.50. The van der Waals surface area contributed by atoms with Crippen molar-refractivity contribution in [1.29, 1.82) is 0 Å². The van der Waals surface area contributed by atoms with Gasteiger partial charge in [-0.1, -0.05) is 19.0 Å². The van der Waals surface area contributed by atoms with Crippen LogP contribution < -0.4 is 10.5 Å². The first-order chi connectivity index (χ1) is 8.71. The number of ether oxygens (including phenoxy) is 1. The molecule has 0 fully saturated rings. The number of nitrogens with two attached hydrogens (primary N) is 1. The molecule has 0 spiro atoms. The Balaban J connectivity index is 2.44. The first-order valence-corrected chi connectivity index (χ1v) is 6.00. The molecule has 0 aliphatic carbocycles. The lowest BCUT2D eigenvalue weighted by Gasteiger charge is -2.17. The van der Waals surface area contributed by atoms with Gasteiger partial charge in [0.25, 0.3) is 0 Å². The molecule has 0 amide bonds. The molecule has 0 saturated carbocycles. The van der Waals surface area contributed by atoms with Crippen molar-refractivity contribution >= 4 is 5.84 Å². The molecule has 1 rings (SSSR count). The van der Waals surface area contributed by atoms with Crippen LogP contribution in [0.2, 0.25) is 0 Å². The van der Waals surface area contributed by atoms with Crippen molar-refractivity contribution in [3.05, 3.63) is 23.9 Å². The molecule has 1 aromatic heterocycles. The van der Waals surface area contributed by atoms with Gasteiger partial charge in [-0.15, -0.1) is 0 Å². The maximum absolute atomic E-state index is 8.51. The van der Waals surface area contributed by atoms with E-state index < -0.39 is 0 Å². The molecule has 6 nitrogen and oxygen atoms in total. The fourth-order valence-corrected chi connectivity index (χ4v) is 1.49. The molecule has 6 heteroatoms. The number of likely N-dealkylation sites (N-methyl/N-ethyl adjacent to an activating group) is 1. The third-order valence-corrected chi connectivity index (χ3v) is 2.69. The van der Waals surface area contributed by atoms with Gasteiger partial charge in [-0.05, 0) is 19.2 Å². The molecular formula is C12H20N4O2. The lowest BCUT2D eigenvalue weighted by Crippen LogP contribution is -2.28. The molecule has 0 aliphatic heterocycles. The Kier molecular flexibility index (Phi) is 5.93. The van der Waals surface area contributed by atoms with E-state index in [0.717, 1.165) is 19.6 Å². The zero-order valence-corrected chi connectivity index (χ0v) is 10.8. The van der Waals surface area contributed by atoms with Gasteiger partial charge in [0.2, 0.25) is 5.88 Å². The zero-order valence-electron chi connectivity index (χ0n) is 10.8. The van der Waals surface area contributed by atoms with Crippen LogP contribution in [0.1, 0.15) is 19.4 Å². The van der Waals surface area contributed by atoms with Crippen LogP contribution in [0.3, 0.4) is 0 Å². The molecule has 0 aliphatic rings. The number of amidine groups is 1. The van der Waals surface area contributed by atoms with Crippen LogP contribution in [0.15, 0.2) is 23.5 Å². The van der Waals surface area contributed by atoms with Gasteiger partial charge in [-0.25, -0.2) is 4.98 Å². The van der Waals surface area contributed by atoms with E-state index in [2.05, 4.69) is 28.9 Å². The van der Waals surface area contributed by atoms with Crippen molar-refractivity contribution in [3.8, 4) is 5.88 Å². The Hall–Kier alpha value is -1.82. The highest BCUT2D eigenvalue weighted by atomic mass is 16.5. The van der Waals surface area contributed by atoms with Crippen LogP contribution in [0.25, 0.3) is 0 Å². The van der Waals surface area contributed by atoms with E-state index in [9.17, 15) is 0 Å². The third kappa shape index (κ3) is 4.21. The van der Waals surface area contributed by atoms with Gasteiger partial charge in [0.05, 0.1) is 0 Å². The summed E-state index contributed by atoms with van der Waals surface area (Å²) in [5.74, 6) is 0.578. The highest BCUT2D eigenvalue weighted by Gasteiger charge is 2.02. The van der Waals surface area contributed by atoms with E-state index in [4.69, 9.17) is 15.7 Å². The topological polar surface area (TPSA) is 84.0 Å². The minimum Gasteiger partial charge on any atom is -0.476 e. The lowest BCUT2D eigenvalue weighted by atomic mass is 10.3. The molecule has 100 valence electrons. The van der Waals surface area contributed by atoms with Crippen molar-refractivity contribution in [2.75, 3.05) is 26.2 Å². The fourth-order valence-electron chi connectivity index (χ4n) is 1.49. The normalized spacial score (nSPS) is 11.8. The Morgan fingerprint density at radius 1 is 1.44 bits per heavy atom. The average molecular weight is 252 g/mol. The van der Waals surface area contributed by atoms with Crippen LogP contribution in [0.4, 0.5) is 0 Å². The molecule has 1 heterocycles. The summed E-state index contributed by atoms with van der Waals surface area (Å²) in [5.41, 5.74) is 6.00. The van der Waals surface area contributed by atoms with Crippen molar-refractivity contribution < 1.29 is 9.94 Å². The highest BCUT2D eigenvalue weighted by Crippen LogP contribution is 2.07. The van der Waals surface area contributed by atoms with E-state index in [1.54, 1.807) is 12.1 Å². The predicted octanol–water partition coefficient (Wildman–Crippen LogP) is 0.897. The van der Waals surface area contributed by atoms with Crippen molar-refractivity contribution in [3.63, 3.8) is 0 Å². The second-order valence-corrected chi connectivity index (χ2v) is 3.75. The zero-order chi connectivity index (χ0) is 13.4. The summed E-state index contributed by atoms with van der Waals surface area (Å²) < 4.78 is 5.51. The summed E-state index contributed by atoms with van der Waals surface area (Å²) >= 11 is 0. The minimum atomic E-state index is 0.0391. The predicted molar refractivity (Wildman–Crippen MR) is 70.0 cm³/mol. The van der Waals surface area contributed by atoms with Crippen molar-refractivity contribution in [2.24, 2.45) is 10.9 Å². The molecule has 0 saturated heterocycles. The van der Waals surface area contributed by atoms with Gasteiger partial charge in [-0.3, -0.25) is 0 Å². The maximum Gasteiger partial charge on any atom is 0.213 e. The van der Waals surface area contributed by atoms with E-state index in [0.29, 0.717) is 18.1 Å². The fraction of sp³-hybridized carbons (Fsp3) is 0.500. The van der Waals surface area contributed by atoms with Crippen molar-refractivity contribution in [2.45, 2.75) is 13.8 Å². The maximum atomic E-state index is 8.51. The molecule has 0 radical (unpaired) electrons. The number of hydrogen-bond donors (Lipinski definition) is 2. The van der Waals surface area contributed by atoms with Crippen LogP contribution in [-0.2, 0) is 0 Å². The molecule has 0 bridgehead atoms. The Labute approximate surface area is 107 Å². The van der Waals surface area contributed by atoms with Gasteiger partial charge >= 0.3 is 0 Å². The molecule has 3 N–H and O–H groups in total. The molecule has 1 aromatic rings. The Morgan fingerprint density at radius 2 is 2.17 bits per heavy atom. The van der Waals surface area contributed by atoms with Crippen LogP contribution in [0.5, 0.6) is 5.88 Å². The van der Waals surface area contributed by atoms with Gasteiger partial charge in [0.15, 0.2) is 5.84 Å².